The summed E-state index contributed by atoms with van der Waals surface area (Å²) in [6.07, 6.45) is 13.6. The summed E-state index contributed by atoms with van der Waals surface area (Å²) < 4.78 is 0. The lowest BCUT2D eigenvalue weighted by Crippen LogP contribution is -2.13. The van der Waals surface area contributed by atoms with Crippen LogP contribution in [0.2, 0.25) is 0 Å². The van der Waals surface area contributed by atoms with E-state index in [0.717, 1.165) is 31.1 Å². The van der Waals surface area contributed by atoms with Crippen LogP contribution in [0.3, 0.4) is 0 Å². The second-order valence-corrected chi connectivity index (χ2v) is 11.2. The summed E-state index contributed by atoms with van der Waals surface area (Å²) in [5.41, 5.74) is 7.81. The predicted molar refractivity (Wildman–Crippen MR) is 156 cm³/mol. The van der Waals surface area contributed by atoms with Gasteiger partial charge in [-0.05, 0) is 90.2 Å². The number of aliphatic carboxylic acids is 1. The molecule has 37 heavy (non-hydrogen) atoms. The van der Waals surface area contributed by atoms with Crippen LogP contribution in [-0.2, 0) is 11.2 Å². The van der Waals surface area contributed by atoms with Crippen LogP contribution >= 0.6 is 0 Å². The van der Waals surface area contributed by atoms with E-state index in [-0.39, 0.29) is 5.92 Å². The lowest BCUT2D eigenvalue weighted by Gasteiger charge is -2.29. The molecule has 1 saturated carbocycles. The maximum atomic E-state index is 11.0. The number of unbranched alkanes of at least 4 members (excludes halogenated alkanes) is 2. The zero-order valence-electron chi connectivity index (χ0n) is 22.8. The Kier molecular flexibility index (Phi) is 9.99. The van der Waals surface area contributed by atoms with E-state index in [1.54, 1.807) is 6.92 Å². The molecule has 1 unspecified atom stereocenters. The van der Waals surface area contributed by atoms with Gasteiger partial charge in [-0.1, -0.05) is 112 Å². The fraction of sp³-hybridized carbons (Fsp3) is 0.457. The van der Waals surface area contributed by atoms with Gasteiger partial charge < -0.3 is 5.11 Å². The number of carboxylic acid groups (broad SMARTS) is 1. The molecule has 196 valence electrons. The molecule has 0 aromatic heterocycles. The van der Waals surface area contributed by atoms with Gasteiger partial charge in [-0.25, -0.2) is 0 Å². The summed E-state index contributed by atoms with van der Waals surface area (Å²) in [5, 5.41) is 9.09. The highest BCUT2D eigenvalue weighted by Crippen LogP contribution is 2.39. The van der Waals surface area contributed by atoms with Crippen LogP contribution in [0.5, 0.6) is 0 Å². The Hall–Kier alpha value is -2.87. The van der Waals surface area contributed by atoms with E-state index in [9.17, 15) is 4.79 Å². The number of aryl methyl sites for hydroxylation is 1. The first-order valence-electron chi connectivity index (χ1n) is 14.6. The van der Waals surface area contributed by atoms with E-state index in [2.05, 4.69) is 79.7 Å². The van der Waals surface area contributed by atoms with Gasteiger partial charge in [-0.15, -0.1) is 0 Å². The Morgan fingerprint density at radius 3 is 1.97 bits per heavy atom. The molecule has 0 spiro atoms. The summed E-state index contributed by atoms with van der Waals surface area (Å²) in [7, 11) is 0. The van der Waals surface area contributed by atoms with Crippen LogP contribution in [0.15, 0.2) is 72.8 Å². The average molecular weight is 497 g/mol. The van der Waals surface area contributed by atoms with Crippen LogP contribution in [0.4, 0.5) is 0 Å². The van der Waals surface area contributed by atoms with Gasteiger partial charge in [0.05, 0.1) is 5.92 Å². The molecule has 2 heteroatoms. The minimum absolute atomic E-state index is 0.275. The molecule has 0 radical (unpaired) electrons. The molecule has 0 bridgehead atoms. The maximum absolute atomic E-state index is 11.0. The van der Waals surface area contributed by atoms with E-state index in [4.69, 9.17) is 5.11 Å². The van der Waals surface area contributed by atoms with E-state index in [0.29, 0.717) is 0 Å². The van der Waals surface area contributed by atoms with Crippen molar-refractivity contribution < 1.29 is 9.90 Å². The number of hydrogen-bond donors (Lipinski definition) is 1. The number of carbonyl (C=O) groups is 1. The number of carboxylic acids is 1. The first kappa shape index (κ1) is 27.2. The van der Waals surface area contributed by atoms with Crippen molar-refractivity contribution in [3.63, 3.8) is 0 Å². The molecular formula is C35H44O2. The van der Waals surface area contributed by atoms with Crippen molar-refractivity contribution in [3.8, 4) is 22.3 Å². The Morgan fingerprint density at radius 1 is 0.811 bits per heavy atom. The highest BCUT2D eigenvalue weighted by atomic mass is 16.4. The van der Waals surface area contributed by atoms with Crippen molar-refractivity contribution in [2.24, 2.45) is 11.8 Å². The summed E-state index contributed by atoms with van der Waals surface area (Å²) in [4.78, 5) is 11.0. The zero-order valence-corrected chi connectivity index (χ0v) is 22.8. The van der Waals surface area contributed by atoms with E-state index < -0.39 is 5.97 Å². The molecule has 4 rings (SSSR count). The molecule has 3 aromatic rings. The van der Waals surface area contributed by atoms with Crippen molar-refractivity contribution >= 4 is 5.97 Å². The second kappa shape index (κ2) is 13.6. The van der Waals surface area contributed by atoms with Crippen molar-refractivity contribution in [2.75, 3.05) is 0 Å². The first-order valence-corrected chi connectivity index (χ1v) is 14.6. The topological polar surface area (TPSA) is 37.3 Å². The molecular weight excluding hydrogens is 452 g/mol. The Balaban J connectivity index is 1.39. The van der Waals surface area contributed by atoms with Crippen LogP contribution in [-0.4, -0.2) is 11.1 Å². The van der Waals surface area contributed by atoms with Gasteiger partial charge in [0.25, 0.3) is 0 Å². The highest BCUT2D eigenvalue weighted by Gasteiger charge is 2.22. The summed E-state index contributed by atoms with van der Waals surface area (Å²) in [6.45, 7) is 4.08. The Morgan fingerprint density at radius 2 is 1.41 bits per heavy atom. The van der Waals surface area contributed by atoms with E-state index >= 15 is 0 Å². The molecule has 1 aliphatic rings. The molecule has 0 amide bonds. The fourth-order valence-electron chi connectivity index (χ4n) is 5.98. The number of rotatable bonds is 12. The third kappa shape index (κ3) is 7.57. The fourth-order valence-corrected chi connectivity index (χ4v) is 5.98. The van der Waals surface area contributed by atoms with Crippen molar-refractivity contribution in [3.05, 3.63) is 83.9 Å². The van der Waals surface area contributed by atoms with Gasteiger partial charge in [0.1, 0.15) is 0 Å². The summed E-state index contributed by atoms with van der Waals surface area (Å²) >= 11 is 0. The third-order valence-corrected chi connectivity index (χ3v) is 8.47. The highest BCUT2D eigenvalue weighted by molar-refractivity contribution is 5.83. The normalized spacial score (nSPS) is 18.4. The Bertz CT molecular complexity index is 1100. The number of hydrogen-bond acceptors (Lipinski definition) is 1. The van der Waals surface area contributed by atoms with Gasteiger partial charge in [-0.2, -0.15) is 0 Å². The van der Waals surface area contributed by atoms with Crippen LogP contribution in [0.25, 0.3) is 22.3 Å². The monoisotopic (exact) mass is 496 g/mol. The number of benzene rings is 3. The SMILES string of the molecule is CCCCCC1CCC(c2ccc(-c3ccccc3-c3ccc(CCCC(C)C(=O)O)cc3)cc2)CC1. The van der Waals surface area contributed by atoms with Crippen molar-refractivity contribution in [1.29, 1.82) is 0 Å². The molecule has 1 fully saturated rings. The van der Waals surface area contributed by atoms with E-state index in [1.807, 2.05) is 0 Å². The second-order valence-electron chi connectivity index (χ2n) is 11.2. The lowest BCUT2D eigenvalue weighted by atomic mass is 9.77. The molecule has 0 saturated heterocycles. The first-order chi connectivity index (χ1) is 18.0. The molecule has 1 atom stereocenters. The van der Waals surface area contributed by atoms with Gasteiger partial charge in [0.2, 0.25) is 0 Å². The largest absolute Gasteiger partial charge is 0.481 e. The standard InChI is InChI=1S/C35H44O2/c1-3-4-5-10-27-14-18-29(19-15-27)30-22-24-32(25-23-30)34-13-7-6-12-33(34)31-20-16-28(17-21-31)11-8-9-26(2)35(36)37/h6-7,12-13,16-17,20-27,29H,3-5,8-11,14-15,18-19H2,1-2H3,(H,36,37). The molecule has 1 aliphatic carbocycles. The van der Waals surface area contributed by atoms with E-state index in [1.165, 1.54) is 84.7 Å². The van der Waals surface area contributed by atoms with Crippen molar-refractivity contribution in [2.45, 2.75) is 90.4 Å². The molecule has 1 N–H and O–H groups in total. The molecule has 0 heterocycles. The lowest BCUT2D eigenvalue weighted by molar-refractivity contribution is -0.141. The Labute approximate surface area is 224 Å². The van der Waals surface area contributed by atoms with Gasteiger partial charge >= 0.3 is 5.97 Å². The predicted octanol–water partition coefficient (Wildman–Crippen LogP) is 9.92. The minimum Gasteiger partial charge on any atom is -0.481 e. The minimum atomic E-state index is -0.704. The maximum Gasteiger partial charge on any atom is 0.306 e. The van der Waals surface area contributed by atoms with Gasteiger partial charge in [-0.3, -0.25) is 4.79 Å². The quantitative estimate of drug-likeness (QED) is 0.253. The summed E-state index contributed by atoms with van der Waals surface area (Å²) in [5.74, 6) is 0.694. The molecule has 3 aromatic carbocycles. The van der Waals surface area contributed by atoms with Crippen molar-refractivity contribution in [1.82, 2.24) is 0 Å². The van der Waals surface area contributed by atoms with Crippen LogP contribution in [0, 0.1) is 11.8 Å². The molecule has 2 nitrogen and oxygen atoms in total. The average Bonchev–Trinajstić information content (AvgIpc) is 2.94. The smallest absolute Gasteiger partial charge is 0.306 e. The zero-order chi connectivity index (χ0) is 26.0. The van der Waals surface area contributed by atoms with Gasteiger partial charge in [0.15, 0.2) is 0 Å². The third-order valence-electron chi connectivity index (χ3n) is 8.47. The van der Waals surface area contributed by atoms with Crippen LogP contribution in [0.1, 0.15) is 95.1 Å². The molecule has 0 aliphatic heterocycles. The van der Waals surface area contributed by atoms with Gasteiger partial charge in [0, 0.05) is 0 Å². The van der Waals surface area contributed by atoms with Crippen LogP contribution < -0.4 is 0 Å². The summed E-state index contributed by atoms with van der Waals surface area (Å²) in [6, 6.07) is 26.9.